The number of hydrogen-bond acceptors (Lipinski definition) is 4. The predicted molar refractivity (Wildman–Crippen MR) is 91.6 cm³/mol. The fraction of sp³-hybridized carbons (Fsp3) is 0.938. The lowest BCUT2D eigenvalue weighted by Crippen LogP contribution is -2.45. The molecule has 0 amide bonds. The molecule has 6 heteroatoms. The second-order valence-corrected chi connectivity index (χ2v) is 5.62. The third-order valence-corrected chi connectivity index (χ3v) is 4.07. The molecule has 0 bridgehead atoms. The molecule has 0 aliphatic carbocycles. The number of guanidine groups is 1. The molecule has 22 heavy (non-hydrogen) atoms. The van der Waals surface area contributed by atoms with Gasteiger partial charge in [-0.05, 0) is 38.8 Å². The average molecular weight is 314 g/mol. The summed E-state index contributed by atoms with van der Waals surface area (Å²) in [5, 5.41) is 6.81. The van der Waals surface area contributed by atoms with Crippen LogP contribution in [-0.4, -0.2) is 77.1 Å². The van der Waals surface area contributed by atoms with Gasteiger partial charge in [0.2, 0.25) is 0 Å². The summed E-state index contributed by atoms with van der Waals surface area (Å²) < 4.78 is 10.4. The van der Waals surface area contributed by atoms with Crippen LogP contribution >= 0.6 is 0 Å². The average Bonchev–Trinajstić information content (AvgIpc) is 3.00. The first-order chi connectivity index (χ1) is 10.8. The quantitative estimate of drug-likeness (QED) is 0.339. The van der Waals surface area contributed by atoms with Gasteiger partial charge >= 0.3 is 0 Å². The van der Waals surface area contributed by atoms with Gasteiger partial charge in [-0.1, -0.05) is 6.92 Å². The van der Waals surface area contributed by atoms with Crippen molar-refractivity contribution in [3.63, 3.8) is 0 Å². The Bertz CT molecular complexity index is 300. The van der Waals surface area contributed by atoms with E-state index in [0.29, 0.717) is 19.3 Å². The number of methoxy groups -OCH3 is 1. The molecular formula is C16H34N4O2. The maximum absolute atomic E-state index is 5.44. The van der Waals surface area contributed by atoms with Gasteiger partial charge in [-0.2, -0.15) is 0 Å². The third-order valence-electron chi connectivity index (χ3n) is 4.07. The van der Waals surface area contributed by atoms with Crippen molar-refractivity contribution < 1.29 is 9.47 Å². The van der Waals surface area contributed by atoms with Gasteiger partial charge < -0.3 is 20.1 Å². The Kier molecular flexibility index (Phi) is 11.1. The highest BCUT2D eigenvalue weighted by atomic mass is 16.5. The standard InChI is InChI=1S/C16H34N4O2/c1-4-20-10-7-8-15(20)14-19-16(17-2)18-9-5-6-11-22-13-12-21-3/h15H,4-14H2,1-3H3,(H2,17,18,19). The summed E-state index contributed by atoms with van der Waals surface area (Å²) in [6.45, 7) is 8.67. The third kappa shape index (κ3) is 7.96. The van der Waals surface area contributed by atoms with E-state index >= 15 is 0 Å². The Morgan fingerprint density at radius 2 is 2.09 bits per heavy atom. The first-order valence-corrected chi connectivity index (χ1v) is 8.57. The van der Waals surface area contributed by atoms with Crippen LogP contribution in [0.1, 0.15) is 32.6 Å². The molecule has 1 aliphatic heterocycles. The van der Waals surface area contributed by atoms with Crippen molar-refractivity contribution in [3.8, 4) is 0 Å². The minimum Gasteiger partial charge on any atom is -0.382 e. The Hall–Kier alpha value is -0.850. The zero-order valence-corrected chi connectivity index (χ0v) is 14.6. The van der Waals surface area contributed by atoms with Crippen molar-refractivity contribution in [1.82, 2.24) is 15.5 Å². The molecule has 2 N–H and O–H groups in total. The fourth-order valence-corrected chi connectivity index (χ4v) is 2.76. The first kappa shape index (κ1) is 19.2. The molecule has 0 aromatic carbocycles. The van der Waals surface area contributed by atoms with Crippen LogP contribution in [0, 0.1) is 0 Å². The molecule has 1 rings (SSSR count). The molecule has 1 atom stereocenters. The molecule has 130 valence electrons. The molecule has 0 spiro atoms. The van der Waals surface area contributed by atoms with E-state index in [0.717, 1.165) is 45.0 Å². The normalized spacial score (nSPS) is 19.6. The van der Waals surface area contributed by atoms with Gasteiger partial charge in [-0.3, -0.25) is 9.89 Å². The van der Waals surface area contributed by atoms with Crippen LogP contribution < -0.4 is 10.6 Å². The number of likely N-dealkylation sites (tertiary alicyclic amines) is 1. The minimum absolute atomic E-state index is 0.651. The lowest BCUT2D eigenvalue weighted by molar-refractivity contribution is 0.0689. The largest absolute Gasteiger partial charge is 0.382 e. The van der Waals surface area contributed by atoms with Crippen LogP contribution in [0.3, 0.4) is 0 Å². The SMILES string of the molecule is CCN1CCCC1CNC(=NC)NCCCCOCCOC. The molecule has 6 nitrogen and oxygen atoms in total. The van der Waals surface area contributed by atoms with Gasteiger partial charge in [0.1, 0.15) is 0 Å². The van der Waals surface area contributed by atoms with Crippen LogP contribution in [0.5, 0.6) is 0 Å². The van der Waals surface area contributed by atoms with Gasteiger partial charge in [-0.15, -0.1) is 0 Å². The zero-order valence-electron chi connectivity index (χ0n) is 14.6. The number of ether oxygens (including phenoxy) is 2. The lowest BCUT2D eigenvalue weighted by atomic mass is 10.2. The Morgan fingerprint density at radius 3 is 2.82 bits per heavy atom. The van der Waals surface area contributed by atoms with Crippen molar-refractivity contribution in [2.24, 2.45) is 4.99 Å². The summed E-state index contributed by atoms with van der Waals surface area (Å²) in [7, 11) is 3.52. The van der Waals surface area contributed by atoms with Gasteiger partial charge in [0, 0.05) is 39.9 Å². The van der Waals surface area contributed by atoms with Crippen LogP contribution in [0.2, 0.25) is 0 Å². The highest BCUT2D eigenvalue weighted by Gasteiger charge is 2.22. The molecule has 0 radical (unpaired) electrons. The monoisotopic (exact) mass is 314 g/mol. The molecule has 0 aromatic rings. The summed E-state index contributed by atoms with van der Waals surface area (Å²) in [4.78, 5) is 6.83. The first-order valence-electron chi connectivity index (χ1n) is 8.57. The summed E-state index contributed by atoms with van der Waals surface area (Å²) in [5.74, 6) is 0.906. The summed E-state index contributed by atoms with van der Waals surface area (Å²) in [6.07, 6.45) is 4.74. The van der Waals surface area contributed by atoms with E-state index < -0.39 is 0 Å². The number of likely N-dealkylation sites (N-methyl/N-ethyl adjacent to an activating group) is 1. The van der Waals surface area contributed by atoms with Crippen molar-refractivity contribution in [1.29, 1.82) is 0 Å². The minimum atomic E-state index is 0.651. The Labute approximate surface area is 135 Å². The van der Waals surface area contributed by atoms with E-state index in [-0.39, 0.29) is 0 Å². The Morgan fingerprint density at radius 1 is 1.23 bits per heavy atom. The molecule has 1 heterocycles. The van der Waals surface area contributed by atoms with E-state index in [9.17, 15) is 0 Å². The molecule has 1 unspecified atom stereocenters. The molecule has 0 saturated carbocycles. The van der Waals surface area contributed by atoms with E-state index in [2.05, 4.69) is 27.4 Å². The van der Waals surface area contributed by atoms with Crippen LogP contribution in [0.4, 0.5) is 0 Å². The second kappa shape index (κ2) is 12.7. The topological polar surface area (TPSA) is 58.1 Å². The molecular weight excluding hydrogens is 280 g/mol. The summed E-state index contributed by atoms with van der Waals surface area (Å²) in [6, 6.07) is 0.651. The summed E-state index contributed by atoms with van der Waals surface area (Å²) in [5.41, 5.74) is 0. The molecule has 1 aliphatic rings. The molecule has 1 fully saturated rings. The Balaban J connectivity index is 2.03. The van der Waals surface area contributed by atoms with Gasteiger partial charge in [0.15, 0.2) is 5.96 Å². The van der Waals surface area contributed by atoms with E-state index in [1.54, 1.807) is 7.11 Å². The van der Waals surface area contributed by atoms with Crippen molar-refractivity contribution in [3.05, 3.63) is 0 Å². The van der Waals surface area contributed by atoms with Gasteiger partial charge in [0.05, 0.1) is 13.2 Å². The highest BCUT2D eigenvalue weighted by molar-refractivity contribution is 5.79. The second-order valence-electron chi connectivity index (χ2n) is 5.62. The van der Waals surface area contributed by atoms with Crippen molar-refractivity contribution >= 4 is 5.96 Å². The maximum Gasteiger partial charge on any atom is 0.191 e. The predicted octanol–water partition coefficient (Wildman–Crippen LogP) is 1.08. The van der Waals surface area contributed by atoms with Crippen molar-refractivity contribution in [2.75, 3.05) is 60.2 Å². The lowest BCUT2D eigenvalue weighted by Gasteiger charge is -2.23. The smallest absolute Gasteiger partial charge is 0.191 e. The number of hydrogen-bond donors (Lipinski definition) is 2. The maximum atomic E-state index is 5.44. The number of nitrogens with one attached hydrogen (secondary N) is 2. The molecule has 0 aromatic heterocycles. The zero-order chi connectivity index (χ0) is 16.0. The van der Waals surface area contributed by atoms with Crippen LogP contribution in [-0.2, 0) is 9.47 Å². The summed E-state index contributed by atoms with van der Waals surface area (Å²) >= 11 is 0. The van der Waals surface area contributed by atoms with E-state index in [1.807, 2.05) is 7.05 Å². The van der Waals surface area contributed by atoms with Gasteiger partial charge in [-0.25, -0.2) is 0 Å². The highest BCUT2D eigenvalue weighted by Crippen LogP contribution is 2.15. The van der Waals surface area contributed by atoms with E-state index in [1.165, 1.54) is 19.4 Å². The van der Waals surface area contributed by atoms with Crippen LogP contribution in [0.15, 0.2) is 4.99 Å². The van der Waals surface area contributed by atoms with E-state index in [4.69, 9.17) is 9.47 Å². The number of unbranched alkanes of at least 4 members (excludes halogenated alkanes) is 1. The number of aliphatic imine (C=N–C) groups is 1. The molecule has 1 saturated heterocycles. The van der Waals surface area contributed by atoms with Crippen LogP contribution in [0.25, 0.3) is 0 Å². The van der Waals surface area contributed by atoms with Gasteiger partial charge in [0.25, 0.3) is 0 Å². The number of nitrogens with zero attached hydrogens (tertiary/aromatic N) is 2. The number of rotatable bonds is 11. The van der Waals surface area contributed by atoms with Crippen molar-refractivity contribution in [2.45, 2.75) is 38.6 Å². The fourth-order valence-electron chi connectivity index (χ4n) is 2.76.